The number of halogens is 1. The van der Waals surface area contributed by atoms with Crippen LogP contribution in [0.1, 0.15) is 16.1 Å². The van der Waals surface area contributed by atoms with Gasteiger partial charge in [-0.2, -0.15) is 5.26 Å². The molecule has 0 unspecified atom stereocenters. The van der Waals surface area contributed by atoms with E-state index in [2.05, 4.69) is 31.7 Å². The van der Waals surface area contributed by atoms with Crippen molar-refractivity contribution in [2.75, 3.05) is 10.7 Å². The number of nitrogens with zero attached hydrogens (tertiary/aromatic N) is 2. The molecule has 4 N–H and O–H groups in total. The molecule has 0 aliphatic heterocycles. The standard InChI is InChI=1S/C13H10BrN5O/c14-9-6-8(7-15)4-5-10(9)18-13(20)11-2-1-3-12(17-11)19-16/h1-6H,16H2,(H,17,19)(H,18,20). The fourth-order valence-corrected chi connectivity index (χ4v) is 1.99. The third-order valence-electron chi connectivity index (χ3n) is 2.48. The lowest BCUT2D eigenvalue weighted by Gasteiger charge is -2.08. The molecule has 0 fully saturated rings. The van der Waals surface area contributed by atoms with Gasteiger partial charge in [0.2, 0.25) is 0 Å². The molecule has 100 valence electrons. The van der Waals surface area contributed by atoms with Gasteiger partial charge in [0.1, 0.15) is 11.5 Å². The third kappa shape index (κ3) is 3.12. The highest BCUT2D eigenvalue weighted by atomic mass is 79.9. The van der Waals surface area contributed by atoms with Crippen LogP contribution in [-0.2, 0) is 0 Å². The maximum Gasteiger partial charge on any atom is 0.274 e. The third-order valence-corrected chi connectivity index (χ3v) is 3.13. The van der Waals surface area contributed by atoms with Crippen molar-refractivity contribution in [1.82, 2.24) is 4.98 Å². The average Bonchev–Trinajstić information content (AvgIpc) is 2.49. The van der Waals surface area contributed by atoms with Crippen molar-refractivity contribution in [3.8, 4) is 6.07 Å². The minimum atomic E-state index is -0.368. The lowest BCUT2D eigenvalue weighted by molar-refractivity contribution is 0.102. The fraction of sp³-hybridized carbons (Fsp3) is 0. The Morgan fingerprint density at radius 3 is 2.80 bits per heavy atom. The second kappa shape index (κ2) is 6.14. The highest BCUT2D eigenvalue weighted by Gasteiger charge is 2.10. The number of aromatic nitrogens is 1. The van der Waals surface area contributed by atoms with E-state index < -0.39 is 0 Å². The summed E-state index contributed by atoms with van der Waals surface area (Å²) in [6.07, 6.45) is 0. The number of nitrogens with two attached hydrogens (primary N) is 1. The quantitative estimate of drug-likeness (QED) is 0.591. The van der Waals surface area contributed by atoms with Gasteiger partial charge in [-0.25, -0.2) is 10.8 Å². The molecule has 0 saturated heterocycles. The van der Waals surface area contributed by atoms with Gasteiger partial charge in [-0.05, 0) is 46.3 Å². The van der Waals surface area contributed by atoms with Crippen molar-refractivity contribution in [3.05, 3.63) is 52.1 Å². The smallest absolute Gasteiger partial charge is 0.274 e. The van der Waals surface area contributed by atoms with Crippen LogP contribution >= 0.6 is 15.9 Å². The lowest BCUT2D eigenvalue weighted by Crippen LogP contribution is -2.16. The Morgan fingerprint density at radius 2 is 2.15 bits per heavy atom. The Hall–Kier alpha value is -2.43. The van der Waals surface area contributed by atoms with E-state index in [1.165, 1.54) is 0 Å². The number of carbonyl (C=O) groups is 1. The Kier molecular flexibility index (Phi) is 4.30. The normalized spacial score (nSPS) is 9.65. The second-order valence-corrected chi connectivity index (χ2v) is 4.67. The van der Waals surface area contributed by atoms with E-state index in [9.17, 15) is 4.79 Å². The van der Waals surface area contributed by atoms with Crippen LogP contribution in [0.15, 0.2) is 40.9 Å². The van der Waals surface area contributed by atoms with Crippen LogP contribution in [0.2, 0.25) is 0 Å². The molecule has 6 nitrogen and oxygen atoms in total. The van der Waals surface area contributed by atoms with E-state index in [0.717, 1.165) is 0 Å². The number of anilines is 2. The van der Waals surface area contributed by atoms with E-state index in [1.807, 2.05) is 6.07 Å². The van der Waals surface area contributed by atoms with Crippen molar-refractivity contribution >= 4 is 33.3 Å². The molecule has 2 aromatic rings. The summed E-state index contributed by atoms with van der Waals surface area (Å²) in [6, 6.07) is 11.8. The Morgan fingerprint density at radius 1 is 1.35 bits per heavy atom. The maximum atomic E-state index is 12.1. The van der Waals surface area contributed by atoms with Crippen LogP contribution in [0.25, 0.3) is 0 Å². The number of pyridine rings is 1. The molecule has 1 heterocycles. The highest BCUT2D eigenvalue weighted by Crippen LogP contribution is 2.23. The molecular weight excluding hydrogens is 322 g/mol. The molecule has 1 amide bonds. The fourth-order valence-electron chi connectivity index (χ4n) is 1.51. The number of hydrogen-bond acceptors (Lipinski definition) is 5. The van der Waals surface area contributed by atoms with Gasteiger partial charge in [0.05, 0.1) is 17.3 Å². The molecule has 0 atom stereocenters. The summed E-state index contributed by atoms with van der Waals surface area (Å²) in [5, 5.41) is 11.5. The first-order valence-electron chi connectivity index (χ1n) is 5.58. The van der Waals surface area contributed by atoms with Crippen LogP contribution in [0, 0.1) is 11.3 Å². The molecule has 20 heavy (non-hydrogen) atoms. The number of amides is 1. The first-order chi connectivity index (χ1) is 9.63. The molecule has 0 spiro atoms. The molecule has 0 aliphatic rings. The number of benzene rings is 1. The molecule has 0 radical (unpaired) electrons. The number of rotatable bonds is 3. The number of carbonyl (C=O) groups excluding carboxylic acids is 1. The summed E-state index contributed by atoms with van der Waals surface area (Å²) < 4.78 is 0.623. The van der Waals surface area contributed by atoms with Gasteiger partial charge in [0, 0.05) is 4.47 Å². The second-order valence-electron chi connectivity index (χ2n) is 3.81. The molecule has 0 aliphatic carbocycles. The van der Waals surface area contributed by atoms with Crippen LogP contribution < -0.4 is 16.6 Å². The van der Waals surface area contributed by atoms with E-state index >= 15 is 0 Å². The van der Waals surface area contributed by atoms with E-state index in [-0.39, 0.29) is 11.6 Å². The predicted octanol–water partition coefficient (Wildman–Crippen LogP) is 2.25. The van der Waals surface area contributed by atoms with Gasteiger partial charge in [0.25, 0.3) is 5.91 Å². The minimum Gasteiger partial charge on any atom is -0.320 e. The van der Waals surface area contributed by atoms with Crippen LogP contribution in [0.5, 0.6) is 0 Å². The summed E-state index contributed by atoms with van der Waals surface area (Å²) in [6.45, 7) is 0. The summed E-state index contributed by atoms with van der Waals surface area (Å²) in [7, 11) is 0. The zero-order chi connectivity index (χ0) is 14.5. The predicted molar refractivity (Wildman–Crippen MR) is 78.9 cm³/mol. The number of nitrogens with one attached hydrogen (secondary N) is 2. The van der Waals surface area contributed by atoms with Gasteiger partial charge >= 0.3 is 0 Å². The number of nitriles is 1. The largest absolute Gasteiger partial charge is 0.320 e. The monoisotopic (exact) mass is 331 g/mol. The first kappa shape index (κ1) is 14.0. The molecule has 1 aromatic heterocycles. The van der Waals surface area contributed by atoms with Crippen molar-refractivity contribution in [1.29, 1.82) is 5.26 Å². The topological polar surface area (TPSA) is 104 Å². The van der Waals surface area contributed by atoms with Crippen molar-refractivity contribution in [2.45, 2.75) is 0 Å². The average molecular weight is 332 g/mol. The van der Waals surface area contributed by atoms with Crippen LogP contribution in [0.4, 0.5) is 11.5 Å². The Bertz CT molecular complexity index is 695. The molecule has 2 rings (SSSR count). The highest BCUT2D eigenvalue weighted by molar-refractivity contribution is 9.10. The van der Waals surface area contributed by atoms with E-state index in [4.69, 9.17) is 11.1 Å². The van der Waals surface area contributed by atoms with Crippen LogP contribution in [-0.4, -0.2) is 10.9 Å². The summed E-state index contributed by atoms with van der Waals surface area (Å²) in [5.41, 5.74) is 3.67. The molecule has 7 heteroatoms. The summed E-state index contributed by atoms with van der Waals surface area (Å²) in [5.74, 6) is 5.28. The molecular formula is C13H10BrN5O. The molecule has 1 aromatic carbocycles. The van der Waals surface area contributed by atoms with Crippen molar-refractivity contribution < 1.29 is 4.79 Å². The van der Waals surface area contributed by atoms with Gasteiger partial charge < -0.3 is 10.7 Å². The van der Waals surface area contributed by atoms with Gasteiger partial charge in [-0.1, -0.05) is 6.07 Å². The van der Waals surface area contributed by atoms with Crippen LogP contribution in [0.3, 0.4) is 0 Å². The van der Waals surface area contributed by atoms with Crippen molar-refractivity contribution in [2.24, 2.45) is 5.84 Å². The zero-order valence-electron chi connectivity index (χ0n) is 10.2. The zero-order valence-corrected chi connectivity index (χ0v) is 11.8. The first-order valence-corrected chi connectivity index (χ1v) is 6.38. The summed E-state index contributed by atoms with van der Waals surface area (Å²) >= 11 is 3.30. The molecule has 0 saturated carbocycles. The van der Waals surface area contributed by atoms with E-state index in [1.54, 1.807) is 36.4 Å². The molecule has 0 bridgehead atoms. The Labute approximate surface area is 123 Å². The van der Waals surface area contributed by atoms with E-state index in [0.29, 0.717) is 21.5 Å². The lowest BCUT2D eigenvalue weighted by atomic mass is 10.2. The SMILES string of the molecule is N#Cc1ccc(NC(=O)c2cccc(NN)n2)c(Br)c1. The number of nitrogen functional groups attached to an aromatic ring is 1. The number of hydrazine groups is 1. The minimum absolute atomic E-state index is 0.233. The van der Waals surface area contributed by atoms with Gasteiger partial charge in [-0.15, -0.1) is 0 Å². The summed E-state index contributed by atoms with van der Waals surface area (Å²) in [4.78, 5) is 16.1. The number of hydrogen-bond donors (Lipinski definition) is 3. The van der Waals surface area contributed by atoms with Gasteiger partial charge in [0.15, 0.2) is 0 Å². The Balaban J connectivity index is 2.21. The van der Waals surface area contributed by atoms with Gasteiger partial charge in [-0.3, -0.25) is 4.79 Å². The maximum absolute atomic E-state index is 12.1. The van der Waals surface area contributed by atoms with Crippen molar-refractivity contribution in [3.63, 3.8) is 0 Å².